The minimum absolute atomic E-state index is 0.0495. The van der Waals surface area contributed by atoms with E-state index >= 15 is 0 Å². The van der Waals surface area contributed by atoms with Gasteiger partial charge >= 0.3 is 0 Å². The lowest BCUT2D eigenvalue weighted by Gasteiger charge is -2.30. The minimum Gasteiger partial charge on any atom is -0.496 e. The molecule has 108 valence electrons. The Morgan fingerprint density at radius 3 is 3.10 bits per heavy atom. The normalized spacial score (nSPS) is 26.6. The first kappa shape index (κ1) is 13.4. The number of allylic oxidation sites excluding steroid dienone is 1. The van der Waals surface area contributed by atoms with Gasteiger partial charge in [-0.15, -0.1) is 0 Å². The van der Waals surface area contributed by atoms with Gasteiger partial charge in [0.25, 0.3) is 0 Å². The molecule has 1 N–H and O–H groups in total. The molecule has 1 atom stereocenters. The lowest BCUT2D eigenvalue weighted by Crippen LogP contribution is -2.48. The van der Waals surface area contributed by atoms with Gasteiger partial charge in [0.1, 0.15) is 12.4 Å². The molecule has 0 bridgehead atoms. The largest absolute Gasteiger partial charge is 0.496 e. The first-order valence-electron chi connectivity index (χ1n) is 7.18. The number of fused-ring (bicyclic) bond motifs is 1. The number of nitrogens with zero attached hydrogens (tertiary/aromatic N) is 1. The number of amides is 1. The summed E-state index contributed by atoms with van der Waals surface area (Å²) in [5.41, 5.74) is 3.37. The number of Topliss-reactive ketones (excluding diaryl/α,β-unsaturated/α-hetero) is 1. The molecule has 0 spiro atoms. The lowest BCUT2D eigenvalue weighted by molar-refractivity contribution is -0.132. The predicted octanol–water partition coefficient (Wildman–Crippen LogP) is 0.628. The summed E-state index contributed by atoms with van der Waals surface area (Å²) in [7, 11) is 0. The smallest absolute Gasteiger partial charge is 0.236 e. The minimum atomic E-state index is -0.0495. The SMILES string of the molecule is CC1=C2COC=C2CC(=O)C1CCN1CCNCC1=O. The Balaban J connectivity index is 1.67. The van der Waals surface area contributed by atoms with E-state index in [4.69, 9.17) is 4.74 Å². The fourth-order valence-electron chi connectivity index (χ4n) is 3.21. The van der Waals surface area contributed by atoms with Crippen LogP contribution >= 0.6 is 0 Å². The van der Waals surface area contributed by atoms with Crippen LogP contribution in [0.3, 0.4) is 0 Å². The van der Waals surface area contributed by atoms with Gasteiger partial charge in [0.05, 0.1) is 12.8 Å². The summed E-state index contributed by atoms with van der Waals surface area (Å²) in [4.78, 5) is 25.9. The second-order valence-electron chi connectivity index (χ2n) is 5.66. The van der Waals surface area contributed by atoms with Crippen molar-refractivity contribution >= 4 is 11.7 Å². The molecule has 0 radical (unpaired) electrons. The molecule has 0 aromatic rings. The van der Waals surface area contributed by atoms with Crippen LogP contribution in [-0.4, -0.2) is 49.4 Å². The van der Waals surface area contributed by atoms with Gasteiger partial charge in [-0.25, -0.2) is 0 Å². The average molecular weight is 276 g/mol. The van der Waals surface area contributed by atoms with E-state index in [0.717, 1.165) is 30.7 Å². The van der Waals surface area contributed by atoms with Crippen molar-refractivity contribution in [3.05, 3.63) is 23.0 Å². The number of ketones is 1. The molecule has 1 aliphatic carbocycles. The summed E-state index contributed by atoms with van der Waals surface area (Å²) in [6.45, 7) is 5.28. The van der Waals surface area contributed by atoms with Crippen LogP contribution in [-0.2, 0) is 14.3 Å². The molecule has 0 aromatic carbocycles. The standard InChI is InChI=1S/C15H20N2O3/c1-10-12(2-4-17-5-3-16-7-15(17)19)14(18)6-11-8-20-9-13(10)11/h8,12,16H,2-7,9H2,1H3. The zero-order valence-electron chi connectivity index (χ0n) is 11.8. The highest BCUT2D eigenvalue weighted by Crippen LogP contribution is 2.36. The van der Waals surface area contributed by atoms with Crippen LogP contribution in [0.15, 0.2) is 23.0 Å². The number of rotatable bonds is 3. The Labute approximate surface area is 118 Å². The van der Waals surface area contributed by atoms with E-state index in [2.05, 4.69) is 5.32 Å². The van der Waals surface area contributed by atoms with Crippen LogP contribution in [0.2, 0.25) is 0 Å². The van der Waals surface area contributed by atoms with E-state index in [9.17, 15) is 9.59 Å². The van der Waals surface area contributed by atoms with Crippen LogP contribution in [0.4, 0.5) is 0 Å². The maximum atomic E-state index is 12.3. The molecule has 0 aromatic heterocycles. The molecule has 1 fully saturated rings. The Morgan fingerprint density at radius 1 is 1.45 bits per heavy atom. The van der Waals surface area contributed by atoms with Crippen LogP contribution < -0.4 is 5.32 Å². The third-order valence-corrected chi connectivity index (χ3v) is 4.47. The van der Waals surface area contributed by atoms with E-state index in [-0.39, 0.29) is 17.6 Å². The molecule has 3 rings (SSSR count). The number of hydrogen-bond acceptors (Lipinski definition) is 4. The Bertz CT molecular complexity index is 507. The van der Waals surface area contributed by atoms with Crippen molar-refractivity contribution in [3.63, 3.8) is 0 Å². The van der Waals surface area contributed by atoms with Crippen molar-refractivity contribution < 1.29 is 14.3 Å². The number of ether oxygens (including phenoxy) is 1. The topological polar surface area (TPSA) is 58.6 Å². The average Bonchev–Trinajstić information content (AvgIpc) is 2.88. The summed E-state index contributed by atoms with van der Waals surface area (Å²) < 4.78 is 5.33. The first-order chi connectivity index (χ1) is 9.66. The Kier molecular flexibility index (Phi) is 3.61. The van der Waals surface area contributed by atoms with E-state index in [1.165, 1.54) is 5.57 Å². The highest BCUT2D eigenvalue weighted by molar-refractivity contribution is 5.89. The predicted molar refractivity (Wildman–Crippen MR) is 73.9 cm³/mol. The maximum Gasteiger partial charge on any atom is 0.236 e. The van der Waals surface area contributed by atoms with Crippen LogP contribution in [0, 0.1) is 5.92 Å². The number of piperazine rings is 1. The number of carbonyl (C=O) groups excluding carboxylic acids is 2. The monoisotopic (exact) mass is 276 g/mol. The second-order valence-corrected chi connectivity index (χ2v) is 5.66. The quantitative estimate of drug-likeness (QED) is 0.821. The molecule has 2 heterocycles. The molecule has 0 saturated carbocycles. The first-order valence-corrected chi connectivity index (χ1v) is 7.18. The molecule has 5 nitrogen and oxygen atoms in total. The highest BCUT2D eigenvalue weighted by atomic mass is 16.5. The lowest BCUT2D eigenvalue weighted by atomic mass is 9.79. The third-order valence-electron chi connectivity index (χ3n) is 4.47. The maximum absolute atomic E-state index is 12.3. The molecule has 1 unspecified atom stereocenters. The van der Waals surface area contributed by atoms with Gasteiger partial charge in [-0.05, 0) is 18.9 Å². The van der Waals surface area contributed by atoms with Gasteiger partial charge in [-0.2, -0.15) is 0 Å². The molecule has 3 aliphatic rings. The molecular weight excluding hydrogens is 256 g/mol. The number of hydrogen-bond donors (Lipinski definition) is 1. The van der Waals surface area contributed by atoms with E-state index in [1.807, 2.05) is 11.8 Å². The zero-order valence-corrected chi connectivity index (χ0v) is 11.8. The van der Waals surface area contributed by atoms with Crippen LogP contribution in [0.5, 0.6) is 0 Å². The molecule has 2 aliphatic heterocycles. The van der Waals surface area contributed by atoms with Gasteiger partial charge in [0, 0.05) is 37.5 Å². The third kappa shape index (κ3) is 2.38. The molecule has 20 heavy (non-hydrogen) atoms. The van der Waals surface area contributed by atoms with Crippen LogP contribution in [0.25, 0.3) is 0 Å². The fourth-order valence-corrected chi connectivity index (χ4v) is 3.21. The van der Waals surface area contributed by atoms with Crippen molar-refractivity contribution in [3.8, 4) is 0 Å². The van der Waals surface area contributed by atoms with E-state index < -0.39 is 0 Å². The summed E-state index contributed by atoms with van der Waals surface area (Å²) in [6, 6.07) is 0. The van der Waals surface area contributed by atoms with Gasteiger partial charge in [0.15, 0.2) is 0 Å². The van der Waals surface area contributed by atoms with Crippen molar-refractivity contribution in [1.82, 2.24) is 10.2 Å². The second kappa shape index (κ2) is 5.40. The van der Waals surface area contributed by atoms with Crippen molar-refractivity contribution in [2.24, 2.45) is 5.92 Å². The number of carbonyl (C=O) groups is 2. The Hall–Kier alpha value is -1.62. The molecule has 1 amide bonds. The highest BCUT2D eigenvalue weighted by Gasteiger charge is 2.33. The van der Waals surface area contributed by atoms with Crippen molar-refractivity contribution in [2.75, 3.05) is 32.8 Å². The molecular formula is C15H20N2O3. The van der Waals surface area contributed by atoms with Crippen LogP contribution in [0.1, 0.15) is 19.8 Å². The molecule has 1 saturated heterocycles. The van der Waals surface area contributed by atoms with Gasteiger partial charge in [-0.1, -0.05) is 5.57 Å². The summed E-state index contributed by atoms with van der Waals surface area (Å²) in [5, 5.41) is 3.06. The van der Waals surface area contributed by atoms with E-state index in [0.29, 0.717) is 26.1 Å². The molecule has 5 heteroatoms. The zero-order chi connectivity index (χ0) is 14.1. The fraction of sp³-hybridized carbons (Fsp3) is 0.600. The van der Waals surface area contributed by atoms with Crippen molar-refractivity contribution in [1.29, 1.82) is 0 Å². The Morgan fingerprint density at radius 2 is 2.30 bits per heavy atom. The van der Waals surface area contributed by atoms with E-state index in [1.54, 1.807) is 6.26 Å². The van der Waals surface area contributed by atoms with Gasteiger partial charge in [-0.3, -0.25) is 9.59 Å². The number of nitrogens with one attached hydrogen (secondary N) is 1. The summed E-state index contributed by atoms with van der Waals surface area (Å²) in [6.07, 6.45) is 2.92. The summed E-state index contributed by atoms with van der Waals surface area (Å²) in [5.74, 6) is 0.340. The summed E-state index contributed by atoms with van der Waals surface area (Å²) >= 11 is 0. The van der Waals surface area contributed by atoms with Gasteiger partial charge in [0.2, 0.25) is 5.91 Å². The van der Waals surface area contributed by atoms with Crippen molar-refractivity contribution in [2.45, 2.75) is 19.8 Å². The van der Waals surface area contributed by atoms with Gasteiger partial charge < -0.3 is 15.0 Å².